The number of para-hydroxylation sites is 1. The lowest BCUT2D eigenvalue weighted by atomic mass is 10.0. The van der Waals surface area contributed by atoms with Gasteiger partial charge in [-0.3, -0.25) is 14.4 Å². The van der Waals surface area contributed by atoms with Crippen LogP contribution in [-0.2, 0) is 23.9 Å². The van der Waals surface area contributed by atoms with Crippen molar-refractivity contribution in [2.75, 3.05) is 7.11 Å². The molecular formula is C24H20O12. The standard InChI is InChI=1S/C24H20O12/c1-12-6-8-14(17(10-12)21(29)30)22(31)36-24(33)16-5-3-4-15(20(16)34-2)23(32)35-19(28)11-13(25)7-9-18(26)27/h3-6,8,10H,7,9,11H2,1-2H3,(H,26,27)(H,29,30). The van der Waals surface area contributed by atoms with Gasteiger partial charge in [0, 0.05) is 6.42 Å². The summed E-state index contributed by atoms with van der Waals surface area (Å²) in [6.07, 6.45) is -1.77. The summed E-state index contributed by atoms with van der Waals surface area (Å²) in [6, 6.07) is 7.36. The third-order valence-corrected chi connectivity index (χ3v) is 4.64. The van der Waals surface area contributed by atoms with Crippen molar-refractivity contribution >= 4 is 41.6 Å². The Bertz CT molecular complexity index is 1260. The number of hydrogen-bond donors (Lipinski definition) is 2. The van der Waals surface area contributed by atoms with Crippen LogP contribution in [-0.4, -0.2) is 58.9 Å². The summed E-state index contributed by atoms with van der Waals surface area (Å²) >= 11 is 0. The van der Waals surface area contributed by atoms with Crippen LogP contribution in [0, 0.1) is 6.92 Å². The lowest BCUT2D eigenvalue weighted by Gasteiger charge is -2.12. The molecule has 0 unspecified atom stereocenters. The first-order valence-corrected chi connectivity index (χ1v) is 10.2. The van der Waals surface area contributed by atoms with Crippen molar-refractivity contribution in [3.05, 3.63) is 64.2 Å². The van der Waals surface area contributed by atoms with Gasteiger partial charge in [-0.2, -0.15) is 0 Å². The number of carbonyl (C=O) groups excluding carboxylic acids is 5. The van der Waals surface area contributed by atoms with E-state index in [9.17, 15) is 38.7 Å². The van der Waals surface area contributed by atoms with Crippen LogP contribution < -0.4 is 4.74 Å². The molecule has 36 heavy (non-hydrogen) atoms. The number of carbonyl (C=O) groups is 7. The number of aliphatic carboxylic acids is 1. The maximum Gasteiger partial charge on any atom is 0.349 e. The predicted molar refractivity (Wildman–Crippen MR) is 118 cm³/mol. The fraction of sp³-hybridized carbons (Fsp3) is 0.208. The van der Waals surface area contributed by atoms with E-state index in [-0.39, 0.29) is 11.1 Å². The number of ether oxygens (including phenoxy) is 3. The van der Waals surface area contributed by atoms with E-state index in [0.717, 1.165) is 19.2 Å². The number of benzene rings is 2. The molecule has 2 aromatic carbocycles. The summed E-state index contributed by atoms with van der Waals surface area (Å²) in [4.78, 5) is 83.0. The molecule has 2 N–H and O–H groups in total. The van der Waals surface area contributed by atoms with E-state index in [1.165, 1.54) is 24.3 Å². The summed E-state index contributed by atoms with van der Waals surface area (Å²) < 4.78 is 14.4. The molecular weight excluding hydrogens is 480 g/mol. The van der Waals surface area contributed by atoms with Crippen LogP contribution in [0.2, 0.25) is 0 Å². The highest BCUT2D eigenvalue weighted by Crippen LogP contribution is 2.26. The van der Waals surface area contributed by atoms with Crippen LogP contribution in [0.25, 0.3) is 0 Å². The van der Waals surface area contributed by atoms with Crippen molar-refractivity contribution in [1.82, 2.24) is 0 Å². The van der Waals surface area contributed by atoms with Crippen LogP contribution in [0.4, 0.5) is 0 Å². The van der Waals surface area contributed by atoms with Crippen molar-refractivity contribution < 1.29 is 58.0 Å². The minimum atomic E-state index is -1.41. The number of methoxy groups -OCH3 is 1. The summed E-state index contributed by atoms with van der Waals surface area (Å²) in [6.45, 7) is 1.61. The van der Waals surface area contributed by atoms with Gasteiger partial charge in [0.05, 0.1) is 24.7 Å². The van der Waals surface area contributed by atoms with Crippen LogP contribution in [0.5, 0.6) is 5.75 Å². The molecule has 0 atom stereocenters. The molecule has 0 aliphatic carbocycles. The van der Waals surface area contributed by atoms with Crippen molar-refractivity contribution in [2.45, 2.75) is 26.2 Å². The maximum atomic E-state index is 12.6. The Hall–Kier alpha value is -4.87. The van der Waals surface area contributed by atoms with E-state index in [0.29, 0.717) is 5.56 Å². The molecule has 188 valence electrons. The zero-order valence-corrected chi connectivity index (χ0v) is 19.1. The SMILES string of the molecule is COc1c(C(=O)OC(=O)CC(=O)CCC(=O)O)cccc1C(=O)OC(=O)c1ccc(C)cc1C(=O)O. The quantitative estimate of drug-likeness (QED) is 0.358. The highest BCUT2D eigenvalue weighted by Gasteiger charge is 2.27. The van der Waals surface area contributed by atoms with E-state index in [1.807, 2.05) is 0 Å². The molecule has 0 aromatic heterocycles. The zero-order valence-electron chi connectivity index (χ0n) is 19.1. The largest absolute Gasteiger partial charge is 0.495 e. The number of hydrogen-bond acceptors (Lipinski definition) is 10. The second kappa shape index (κ2) is 12.0. The lowest BCUT2D eigenvalue weighted by molar-refractivity contribution is -0.143. The van der Waals surface area contributed by atoms with Gasteiger partial charge < -0.3 is 24.4 Å². The minimum absolute atomic E-state index is 0.380. The molecule has 0 amide bonds. The molecule has 0 spiro atoms. The Morgan fingerprint density at radius 2 is 1.33 bits per heavy atom. The molecule has 12 nitrogen and oxygen atoms in total. The first kappa shape index (κ1) is 27.4. The third kappa shape index (κ3) is 7.06. The number of rotatable bonds is 10. The first-order chi connectivity index (χ1) is 16.9. The number of esters is 4. The molecule has 12 heteroatoms. The number of aryl methyl sites for hydroxylation is 1. The average Bonchev–Trinajstić information content (AvgIpc) is 2.81. The zero-order chi connectivity index (χ0) is 27.0. The topological polar surface area (TPSA) is 188 Å². The Kier molecular flexibility index (Phi) is 9.14. The van der Waals surface area contributed by atoms with E-state index in [2.05, 4.69) is 4.74 Å². The molecule has 0 radical (unpaired) electrons. The Morgan fingerprint density at radius 3 is 1.89 bits per heavy atom. The molecule has 2 aromatic rings. The smallest absolute Gasteiger partial charge is 0.349 e. The van der Waals surface area contributed by atoms with E-state index < -0.39 is 77.7 Å². The van der Waals surface area contributed by atoms with Crippen molar-refractivity contribution in [3.63, 3.8) is 0 Å². The van der Waals surface area contributed by atoms with Crippen LogP contribution >= 0.6 is 0 Å². The van der Waals surface area contributed by atoms with Gasteiger partial charge in [-0.05, 0) is 31.2 Å². The summed E-state index contributed by atoms with van der Waals surface area (Å²) in [7, 11) is 1.09. The minimum Gasteiger partial charge on any atom is -0.495 e. The molecule has 2 rings (SSSR count). The number of carboxylic acids is 2. The molecule has 0 saturated carbocycles. The molecule has 0 bridgehead atoms. The lowest BCUT2D eigenvalue weighted by Crippen LogP contribution is -2.19. The van der Waals surface area contributed by atoms with Crippen LogP contribution in [0.15, 0.2) is 36.4 Å². The van der Waals surface area contributed by atoms with Crippen molar-refractivity contribution in [3.8, 4) is 5.75 Å². The van der Waals surface area contributed by atoms with Gasteiger partial charge in [-0.25, -0.2) is 19.2 Å². The van der Waals surface area contributed by atoms with Gasteiger partial charge >= 0.3 is 35.8 Å². The van der Waals surface area contributed by atoms with E-state index >= 15 is 0 Å². The average molecular weight is 500 g/mol. The monoisotopic (exact) mass is 500 g/mol. The molecule has 0 heterocycles. The van der Waals surface area contributed by atoms with Gasteiger partial charge in [0.2, 0.25) is 0 Å². The Balaban J connectivity index is 2.21. The molecule has 0 saturated heterocycles. The second-order valence-electron chi connectivity index (χ2n) is 7.29. The fourth-order valence-electron chi connectivity index (χ4n) is 2.98. The number of Topliss-reactive ketones (excluding diaryl/α,β-unsaturated/α-hetero) is 1. The van der Waals surface area contributed by atoms with Gasteiger partial charge in [-0.1, -0.05) is 17.7 Å². The number of ketones is 1. The predicted octanol–water partition coefficient (Wildman–Crippen LogP) is 2.21. The van der Waals surface area contributed by atoms with Gasteiger partial charge in [-0.15, -0.1) is 0 Å². The highest BCUT2D eigenvalue weighted by atomic mass is 16.6. The normalized spacial score (nSPS) is 10.2. The number of carboxylic acid groups (broad SMARTS) is 2. The van der Waals surface area contributed by atoms with Crippen molar-refractivity contribution in [1.29, 1.82) is 0 Å². The summed E-state index contributed by atoms with van der Waals surface area (Å²) in [5, 5.41) is 17.9. The highest BCUT2D eigenvalue weighted by molar-refractivity contribution is 6.10. The van der Waals surface area contributed by atoms with Crippen LogP contribution in [0.3, 0.4) is 0 Å². The van der Waals surface area contributed by atoms with Crippen molar-refractivity contribution in [2.24, 2.45) is 0 Å². The Morgan fingerprint density at radius 1 is 0.750 bits per heavy atom. The Labute approximate surface area is 203 Å². The van der Waals surface area contributed by atoms with Gasteiger partial charge in [0.1, 0.15) is 29.1 Å². The summed E-state index contributed by atoms with van der Waals surface area (Å²) in [5.74, 6) is -8.88. The molecule has 0 aliphatic rings. The van der Waals surface area contributed by atoms with E-state index in [1.54, 1.807) is 6.92 Å². The van der Waals surface area contributed by atoms with Crippen LogP contribution in [0.1, 0.15) is 66.3 Å². The third-order valence-electron chi connectivity index (χ3n) is 4.64. The fourth-order valence-corrected chi connectivity index (χ4v) is 2.98. The first-order valence-electron chi connectivity index (χ1n) is 10.2. The maximum absolute atomic E-state index is 12.6. The van der Waals surface area contributed by atoms with Gasteiger partial charge in [0.25, 0.3) is 0 Å². The molecule has 0 fully saturated rings. The summed E-state index contributed by atoms with van der Waals surface area (Å²) in [5.41, 5.74) is -1.02. The van der Waals surface area contributed by atoms with Gasteiger partial charge in [0.15, 0.2) is 0 Å². The van der Waals surface area contributed by atoms with E-state index in [4.69, 9.17) is 14.6 Å². The number of aromatic carboxylic acids is 1. The molecule has 0 aliphatic heterocycles. The second-order valence-corrected chi connectivity index (χ2v) is 7.29.